The topological polar surface area (TPSA) is 65.7 Å². The van der Waals surface area contributed by atoms with Crippen molar-refractivity contribution in [3.8, 4) is 6.07 Å². The Morgan fingerprint density at radius 3 is 2.62 bits per heavy atom. The van der Waals surface area contributed by atoms with Crippen molar-refractivity contribution in [2.75, 3.05) is 7.05 Å². The largest absolute Gasteiger partial charge is 0.387 e. The highest BCUT2D eigenvalue weighted by Gasteiger charge is 2.29. The summed E-state index contributed by atoms with van der Waals surface area (Å²) in [5, 5.41) is 12.8. The highest BCUT2D eigenvalue weighted by atomic mass is 16.6. The minimum atomic E-state index is -0.200. The fourth-order valence-electron chi connectivity index (χ4n) is 2.60. The van der Waals surface area contributed by atoms with Crippen LogP contribution < -0.4 is 0 Å². The summed E-state index contributed by atoms with van der Waals surface area (Å²) in [6, 6.07) is 19.0. The molecule has 5 heteroatoms. The molecule has 1 aliphatic heterocycles. The molecule has 120 valence electrons. The van der Waals surface area contributed by atoms with E-state index >= 15 is 0 Å². The maximum atomic E-state index is 12.5. The SMILES string of the molecule is CN(Cc1ccc(C#N)cc1)C(=O)C1=NOC(c2ccccc2)C1. The van der Waals surface area contributed by atoms with Crippen molar-refractivity contribution in [3.63, 3.8) is 0 Å². The number of amides is 1. The van der Waals surface area contributed by atoms with Crippen molar-refractivity contribution < 1.29 is 9.63 Å². The molecule has 0 aliphatic carbocycles. The molecule has 1 amide bonds. The summed E-state index contributed by atoms with van der Waals surface area (Å²) in [6.07, 6.45) is 0.272. The number of oxime groups is 1. The van der Waals surface area contributed by atoms with E-state index in [0.29, 0.717) is 24.2 Å². The third-order valence-electron chi connectivity index (χ3n) is 3.94. The van der Waals surface area contributed by atoms with Crippen molar-refractivity contribution in [2.45, 2.75) is 19.1 Å². The molecule has 2 aromatic carbocycles. The van der Waals surface area contributed by atoms with Gasteiger partial charge in [-0.05, 0) is 23.3 Å². The zero-order valence-electron chi connectivity index (χ0n) is 13.3. The lowest BCUT2D eigenvalue weighted by molar-refractivity contribution is -0.123. The predicted octanol–water partition coefficient (Wildman–Crippen LogP) is 3.03. The van der Waals surface area contributed by atoms with Gasteiger partial charge in [-0.2, -0.15) is 5.26 Å². The van der Waals surface area contributed by atoms with Crippen molar-refractivity contribution >= 4 is 11.6 Å². The number of hydrogen-bond acceptors (Lipinski definition) is 4. The molecule has 0 saturated heterocycles. The average molecular weight is 319 g/mol. The van der Waals surface area contributed by atoms with E-state index in [2.05, 4.69) is 11.2 Å². The summed E-state index contributed by atoms with van der Waals surface area (Å²) < 4.78 is 0. The summed E-state index contributed by atoms with van der Waals surface area (Å²) in [6.45, 7) is 0.458. The van der Waals surface area contributed by atoms with Gasteiger partial charge in [0.05, 0.1) is 11.6 Å². The molecule has 1 atom stereocenters. The first kappa shape index (κ1) is 15.8. The number of rotatable bonds is 4. The van der Waals surface area contributed by atoms with Crippen molar-refractivity contribution in [2.24, 2.45) is 5.16 Å². The van der Waals surface area contributed by atoms with E-state index in [0.717, 1.165) is 11.1 Å². The smallest absolute Gasteiger partial charge is 0.271 e. The predicted molar refractivity (Wildman–Crippen MR) is 90.0 cm³/mol. The zero-order chi connectivity index (χ0) is 16.9. The number of carbonyl (C=O) groups excluding carboxylic acids is 1. The van der Waals surface area contributed by atoms with Crippen LogP contribution >= 0.6 is 0 Å². The lowest BCUT2D eigenvalue weighted by Gasteiger charge is -2.16. The maximum absolute atomic E-state index is 12.5. The van der Waals surface area contributed by atoms with Crippen LogP contribution in [0.25, 0.3) is 0 Å². The van der Waals surface area contributed by atoms with Gasteiger partial charge in [-0.1, -0.05) is 47.6 Å². The fraction of sp³-hybridized carbons (Fsp3) is 0.211. The molecule has 0 aromatic heterocycles. The van der Waals surface area contributed by atoms with Crippen molar-refractivity contribution in [3.05, 3.63) is 71.3 Å². The van der Waals surface area contributed by atoms with Gasteiger partial charge in [0.15, 0.2) is 6.10 Å². The van der Waals surface area contributed by atoms with Crippen LogP contribution in [0.5, 0.6) is 0 Å². The minimum Gasteiger partial charge on any atom is -0.387 e. The first-order chi connectivity index (χ1) is 11.7. The van der Waals surface area contributed by atoms with Gasteiger partial charge >= 0.3 is 0 Å². The van der Waals surface area contributed by atoms with Crippen LogP contribution in [0, 0.1) is 11.3 Å². The Balaban J connectivity index is 1.61. The van der Waals surface area contributed by atoms with Crippen LogP contribution in [0.15, 0.2) is 59.8 Å². The number of hydrogen-bond donors (Lipinski definition) is 0. The van der Waals surface area contributed by atoms with E-state index in [1.165, 1.54) is 0 Å². The molecule has 2 aromatic rings. The zero-order valence-corrected chi connectivity index (χ0v) is 13.3. The summed E-state index contributed by atoms with van der Waals surface area (Å²) in [5.41, 5.74) is 3.01. The Morgan fingerprint density at radius 2 is 1.96 bits per heavy atom. The highest BCUT2D eigenvalue weighted by Crippen LogP contribution is 2.27. The van der Waals surface area contributed by atoms with Gasteiger partial charge in [-0.25, -0.2) is 0 Å². The van der Waals surface area contributed by atoms with Gasteiger partial charge in [-0.3, -0.25) is 4.79 Å². The summed E-state index contributed by atoms with van der Waals surface area (Å²) >= 11 is 0. The molecule has 0 saturated carbocycles. The number of benzene rings is 2. The molecule has 0 fully saturated rings. The first-order valence-corrected chi connectivity index (χ1v) is 7.69. The third-order valence-corrected chi connectivity index (χ3v) is 3.94. The second-order valence-electron chi connectivity index (χ2n) is 5.72. The molecule has 1 unspecified atom stereocenters. The van der Waals surface area contributed by atoms with Gasteiger partial charge in [0, 0.05) is 20.0 Å². The van der Waals surface area contributed by atoms with Crippen molar-refractivity contribution in [1.82, 2.24) is 4.90 Å². The summed E-state index contributed by atoms with van der Waals surface area (Å²) in [7, 11) is 1.74. The number of nitriles is 1. The van der Waals surface area contributed by atoms with Crippen LogP contribution in [-0.4, -0.2) is 23.6 Å². The van der Waals surface area contributed by atoms with E-state index < -0.39 is 0 Å². The van der Waals surface area contributed by atoms with Gasteiger partial charge in [0.2, 0.25) is 0 Å². The minimum absolute atomic E-state index is 0.141. The van der Waals surface area contributed by atoms with E-state index in [-0.39, 0.29) is 12.0 Å². The average Bonchev–Trinajstić information content (AvgIpc) is 3.12. The molecule has 24 heavy (non-hydrogen) atoms. The van der Waals surface area contributed by atoms with Crippen LogP contribution in [0.1, 0.15) is 29.2 Å². The lowest BCUT2D eigenvalue weighted by Crippen LogP contribution is -2.32. The molecular weight excluding hydrogens is 302 g/mol. The Labute approximate surface area is 140 Å². The van der Waals surface area contributed by atoms with E-state index in [1.54, 1.807) is 24.1 Å². The lowest BCUT2D eigenvalue weighted by atomic mass is 10.0. The second-order valence-corrected chi connectivity index (χ2v) is 5.72. The van der Waals surface area contributed by atoms with Gasteiger partial charge in [0.1, 0.15) is 5.71 Å². The van der Waals surface area contributed by atoms with Crippen LogP contribution in [-0.2, 0) is 16.2 Å². The standard InChI is InChI=1S/C19H17N3O2/c1-22(13-15-9-7-14(12-20)8-10-15)19(23)17-11-18(24-21-17)16-5-3-2-4-6-16/h2-10,18H,11,13H2,1H3. The molecule has 0 N–H and O–H groups in total. The first-order valence-electron chi connectivity index (χ1n) is 7.69. The van der Waals surface area contributed by atoms with E-state index in [9.17, 15) is 4.79 Å². The molecule has 5 nitrogen and oxygen atoms in total. The van der Waals surface area contributed by atoms with Gasteiger partial charge < -0.3 is 9.74 Å². The molecular formula is C19H17N3O2. The highest BCUT2D eigenvalue weighted by molar-refractivity contribution is 6.38. The molecule has 3 rings (SSSR count). The molecule has 0 radical (unpaired) electrons. The summed E-state index contributed by atoms with van der Waals surface area (Å²) in [5.74, 6) is -0.141. The van der Waals surface area contributed by atoms with Crippen LogP contribution in [0.3, 0.4) is 0 Å². The Hall–Kier alpha value is -3.13. The molecule has 1 heterocycles. The Kier molecular flexibility index (Phi) is 4.57. The van der Waals surface area contributed by atoms with E-state index in [1.807, 2.05) is 42.5 Å². The van der Waals surface area contributed by atoms with Crippen molar-refractivity contribution in [1.29, 1.82) is 5.26 Å². The monoisotopic (exact) mass is 319 g/mol. The summed E-state index contributed by atoms with van der Waals surface area (Å²) in [4.78, 5) is 19.5. The fourth-order valence-corrected chi connectivity index (χ4v) is 2.60. The second kappa shape index (κ2) is 6.97. The van der Waals surface area contributed by atoms with Gasteiger partial charge in [-0.15, -0.1) is 0 Å². The normalized spacial score (nSPS) is 16.0. The van der Waals surface area contributed by atoms with Gasteiger partial charge in [0.25, 0.3) is 5.91 Å². The Morgan fingerprint density at radius 1 is 1.25 bits per heavy atom. The molecule has 0 spiro atoms. The molecule has 0 bridgehead atoms. The quantitative estimate of drug-likeness (QED) is 0.870. The number of carbonyl (C=O) groups is 1. The molecule has 1 aliphatic rings. The van der Waals surface area contributed by atoms with Crippen LogP contribution in [0.2, 0.25) is 0 Å². The third kappa shape index (κ3) is 3.44. The Bertz CT molecular complexity index is 792. The number of nitrogens with zero attached hydrogens (tertiary/aromatic N) is 3. The van der Waals surface area contributed by atoms with E-state index in [4.69, 9.17) is 10.1 Å². The van der Waals surface area contributed by atoms with Crippen LogP contribution in [0.4, 0.5) is 0 Å². The maximum Gasteiger partial charge on any atom is 0.271 e.